The van der Waals surface area contributed by atoms with Gasteiger partial charge in [0.1, 0.15) is 11.7 Å². The van der Waals surface area contributed by atoms with E-state index in [4.69, 9.17) is 19.2 Å². The number of para-hydroxylation sites is 1. The number of hydrogen-bond acceptors (Lipinski definition) is 8. The van der Waals surface area contributed by atoms with E-state index < -0.39 is 35.6 Å². The molecular formula is C28H31NO6S. The maximum absolute atomic E-state index is 14.3. The number of carbonyl (C=O) groups excluding carboxylic acids is 3. The molecule has 1 saturated carbocycles. The van der Waals surface area contributed by atoms with Gasteiger partial charge in [0.2, 0.25) is 0 Å². The predicted molar refractivity (Wildman–Crippen MR) is 138 cm³/mol. The zero-order valence-electron chi connectivity index (χ0n) is 21.2. The van der Waals surface area contributed by atoms with Gasteiger partial charge in [-0.15, -0.1) is 11.3 Å². The Bertz CT molecular complexity index is 1240. The summed E-state index contributed by atoms with van der Waals surface area (Å²) in [5.41, 5.74) is 3.32. The van der Waals surface area contributed by atoms with Gasteiger partial charge in [0, 0.05) is 28.1 Å². The Morgan fingerprint density at radius 1 is 1.06 bits per heavy atom. The smallest absolute Gasteiger partial charge is 0.336 e. The summed E-state index contributed by atoms with van der Waals surface area (Å²) in [6.07, 6.45) is 0.370. The third kappa shape index (κ3) is 4.50. The minimum Gasteiger partial charge on any atom is -0.496 e. The number of rotatable bonds is 7. The van der Waals surface area contributed by atoms with Crippen LogP contribution in [0.2, 0.25) is 0 Å². The van der Waals surface area contributed by atoms with E-state index in [1.54, 1.807) is 27.9 Å². The molecule has 1 aliphatic heterocycles. The van der Waals surface area contributed by atoms with Crippen molar-refractivity contribution < 1.29 is 28.6 Å². The van der Waals surface area contributed by atoms with Crippen LogP contribution in [0.5, 0.6) is 5.75 Å². The number of allylic oxidation sites excluding steroid dienone is 1. The van der Waals surface area contributed by atoms with Crippen LogP contribution in [0.1, 0.15) is 55.0 Å². The van der Waals surface area contributed by atoms with E-state index in [0.717, 1.165) is 16.0 Å². The minimum absolute atomic E-state index is 0.160. The van der Waals surface area contributed by atoms with Gasteiger partial charge < -0.3 is 14.2 Å². The standard InChI is InChI=1S/C28H31NO6S/c1-6-34-27(31)21-16(4)29-19-14-18(17-10-8-9-11-20(17)33-5)22(28(32)35-7-2)25(30)23(19)24(21)26-15(3)12-13-36-26/h8-13,18,22-24H,6-7,14H2,1-5H3/t18-,22-,23?,24-/m1/s1. The molecule has 1 aromatic heterocycles. The zero-order chi connectivity index (χ0) is 26.0. The van der Waals surface area contributed by atoms with Gasteiger partial charge in [-0.25, -0.2) is 4.79 Å². The van der Waals surface area contributed by atoms with Gasteiger partial charge in [-0.05, 0) is 62.8 Å². The molecule has 0 bridgehead atoms. The van der Waals surface area contributed by atoms with Gasteiger partial charge in [0.05, 0.1) is 31.8 Å². The molecule has 0 N–H and O–H groups in total. The molecule has 2 aromatic rings. The fraction of sp³-hybridized carbons (Fsp3) is 0.429. The van der Waals surface area contributed by atoms with Gasteiger partial charge >= 0.3 is 11.9 Å². The zero-order valence-corrected chi connectivity index (χ0v) is 22.0. The highest BCUT2D eigenvalue weighted by molar-refractivity contribution is 7.10. The van der Waals surface area contributed by atoms with Crippen molar-refractivity contribution in [2.24, 2.45) is 16.8 Å². The summed E-state index contributed by atoms with van der Waals surface area (Å²) >= 11 is 1.49. The van der Waals surface area contributed by atoms with Crippen LogP contribution in [0.25, 0.3) is 0 Å². The number of benzene rings is 1. The van der Waals surface area contributed by atoms with Gasteiger partial charge in [-0.3, -0.25) is 14.6 Å². The van der Waals surface area contributed by atoms with Crippen LogP contribution < -0.4 is 4.74 Å². The largest absolute Gasteiger partial charge is 0.496 e. The van der Waals surface area contributed by atoms with Crippen LogP contribution in [0.15, 0.2) is 52.0 Å². The summed E-state index contributed by atoms with van der Waals surface area (Å²) in [5, 5.41) is 1.95. The van der Waals surface area contributed by atoms with Crippen LogP contribution in [-0.4, -0.2) is 43.8 Å². The van der Waals surface area contributed by atoms with E-state index in [9.17, 15) is 14.4 Å². The van der Waals surface area contributed by atoms with Gasteiger partial charge in [0.15, 0.2) is 5.78 Å². The van der Waals surface area contributed by atoms with Gasteiger partial charge in [0.25, 0.3) is 0 Å². The number of fused-ring (bicyclic) bond motifs is 1. The predicted octanol–water partition coefficient (Wildman–Crippen LogP) is 4.99. The van der Waals surface area contributed by atoms with Gasteiger partial charge in [-0.1, -0.05) is 18.2 Å². The molecule has 4 rings (SSSR count). The third-order valence-electron chi connectivity index (χ3n) is 6.91. The SMILES string of the molecule is CCOC(=O)C1=C(C)N=C2C[C@H](c3ccccc3OC)[C@@H](C(=O)OCC)C(=O)C2[C@@H]1c1sccc1C. The highest BCUT2D eigenvalue weighted by Gasteiger charge is 2.53. The number of hydrogen-bond donors (Lipinski definition) is 0. The lowest BCUT2D eigenvalue weighted by Crippen LogP contribution is -2.48. The number of ketones is 1. The molecule has 0 amide bonds. The number of carbonyl (C=O) groups is 3. The van der Waals surface area contributed by atoms with Crippen LogP contribution >= 0.6 is 11.3 Å². The van der Waals surface area contributed by atoms with Crippen LogP contribution in [0.3, 0.4) is 0 Å². The van der Waals surface area contributed by atoms with Crippen LogP contribution in [0, 0.1) is 18.8 Å². The number of esters is 2. The molecule has 1 fully saturated rings. The molecular weight excluding hydrogens is 478 g/mol. The van der Waals surface area contributed by atoms with E-state index in [1.165, 1.54) is 11.3 Å². The van der Waals surface area contributed by atoms with Crippen molar-refractivity contribution in [3.63, 3.8) is 0 Å². The van der Waals surface area contributed by atoms with E-state index in [1.807, 2.05) is 42.6 Å². The molecule has 8 heteroatoms. The lowest BCUT2D eigenvalue weighted by atomic mass is 9.63. The minimum atomic E-state index is -1.05. The molecule has 0 saturated heterocycles. The second-order valence-electron chi connectivity index (χ2n) is 8.93. The Morgan fingerprint density at radius 3 is 2.42 bits per heavy atom. The first kappa shape index (κ1) is 25.8. The lowest BCUT2D eigenvalue weighted by Gasteiger charge is -2.41. The molecule has 1 unspecified atom stereocenters. The van der Waals surface area contributed by atoms with Crippen molar-refractivity contribution in [1.29, 1.82) is 0 Å². The maximum atomic E-state index is 14.3. The maximum Gasteiger partial charge on any atom is 0.336 e. The summed E-state index contributed by atoms with van der Waals surface area (Å²) in [5.74, 6) is -3.61. The summed E-state index contributed by atoms with van der Waals surface area (Å²) in [7, 11) is 1.57. The normalized spacial score (nSPS) is 23.6. The summed E-state index contributed by atoms with van der Waals surface area (Å²) in [6.45, 7) is 7.58. The Balaban J connectivity index is 1.91. The van der Waals surface area contributed by atoms with E-state index >= 15 is 0 Å². The first-order chi connectivity index (χ1) is 17.3. The summed E-state index contributed by atoms with van der Waals surface area (Å²) < 4.78 is 16.4. The first-order valence-electron chi connectivity index (χ1n) is 12.2. The number of thiophene rings is 1. The van der Waals surface area contributed by atoms with Gasteiger partial charge in [-0.2, -0.15) is 0 Å². The molecule has 4 atom stereocenters. The second-order valence-corrected chi connectivity index (χ2v) is 9.88. The number of nitrogens with zero attached hydrogens (tertiary/aromatic N) is 1. The van der Waals surface area contributed by atoms with Crippen molar-refractivity contribution in [1.82, 2.24) is 0 Å². The Labute approximate surface area is 215 Å². The molecule has 0 radical (unpaired) electrons. The van der Waals surface area contributed by atoms with Crippen molar-refractivity contribution in [2.75, 3.05) is 20.3 Å². The molecule has 7 nitrogen and oxygen atoms in total. The average Bonchev–Trinajstić information content (AvgIpc) is 3.28. The molecule has 2 aliphatic rings. The van der Waals surface area contributed by atoms with Crippen molar-refractivity contribution >= 4 is 34.8 Å². The molecule has 190 valence electrons. The number of aryl methyl sites for hydroxylation is 1. The molecule has 1 aromatic carbocycles. The summed E-state index contributed by atoms with van der Waals surface area (Å²) in [4.78, 5) is 46.4. The fourth-order valence-electron chi connectivity index (χ4n) is 5.41. The Hall–Kier alpha value is -3.26. The Kier molecular flexibility index (Phi) is 7.73. The second kappa shape index (κ2) is 10.8. The van der Waals surface area contributed by atoms with Crippen LogP contribution in [0.4, 0.5) is 0 Å². The Morgan fingerprint density at radius 2 is 1.78 bits per heavy atom. The quantitative estimate of drug-likeness (QED) is 0.386. The number of aliphatic imine (C=N–C) groups is 1. The number of ether oxygens (including phenoxy) is 3. The van der Waals surface area contributed by atoms with E-state index in [0.29, 0.717) is 29.2 Å². The molecule has 1 aliphatic carbocycles. The lowest BCUT2D eigenvalue weighted by molar-refractivity contribution is -0.153. The highest BCUT2D eigenvalue weighted by atomic mass is 32.1. The monoisotopic (exact) mass is 509 g/mol. The summed E-state index contributed by atoms with van der Waals surface area (Å²) in [6, 6.07) is 9.37. The fourth-order valence-corrected chi connectivity index (χ4v) is 6.48. The topological polar surface area (TPSA) is 91.3 Å². The molecule has 0 spiro atoms. The van der Waals surface area contributed by atoms with E-state index in [-0.39, 0.29) is 19.0 Å². The first-order valence-corrected chi connectivity index (χ1v) is 13.0. The van der Waals surface area contributed by atoms with Crippen molar-refractivity contribution in [3.8, 4) is 5.75 Å². The number of Topliss-reactive ketones (excluding diaryl/α,β-unsaturated/α-hetero) is 1. The highest BCUT2D eigenvalue weighted by Crippen LogP contribution is 2.50. The average molecular weight is 510 g/mol. The third-order valence-corrected chi connectivity index (χ3v) is 8.01. The van der Waals surface area contributed by atoms with Crippen LogP contribution in [-0.2, 0) is 23.9 Å². The molecule has 36 heavy (non-hydrogen) atoms. The number of methoxy groups -OCH3 is 1. The van der Waals surface area contributed by atoms with E-state index in [2.05, 4.69) is 0 Å². The molecule has 2 heterocycles. The van der Waals surface area contributed by atoms with Crippen molar-refractivity contribution in [2.45, 2.75) is 46.0 Å². The van der Waals surface area contributed by atoms with Crippen molar-refractivity contribution in [3.05, 3.63) is 63.0 Å².